The molecule has 0 saturated heterocycles. The van der Waals surface area contributed by atoms with Gasteiger partial charge in [-0.3, -0.25) is 0 Å². The highest BCUT2D eigenvalue weighted by atomic mass is 16.3. The summed E-state index contributed by atoms with van der Waals surface area (Å²) in [4.78, 5) is 4.76. The molecule has 0 N–H and O–H groups in total. The Labute approximate surface area is 607 Å². The normalized spacial score (nSPS) is 14.2. The highest BCUT2D eigenvalue weighted by Gasteiger charge is 2.46. The highest BCUT2D eigenvalue weighted by molar-refractivity contribution is 7.00. The molecule has 0 bridgehead atoms. The molecule has 17 aromatic rings. The van der Waals surface area contributed by atoms with Crippen LogP contribution in [0.5, 0.6) is 0 Å². The first-order chi connectivity index (χ1) is 52.8. The first kappa shape index (κ1) is 53.1. The Bertz CT molecular complexity index is 6690. The van der Waals surface area contributed by atoms with Gasteiger partial charge >= 0.3 is 0 Å². The number of para-hydroxylation sites is 6. The molecule has 2 aliphatic heterocycles. The van der Waals surface area contributed by atoms with Crippen molar-refractivity contribution in [3.63, 3.8) is 0 Å². The summed E-state index contributed by atoms with van der Waals surface area (Å²) in [5, 5.41) is 3.78. The first-order valence-corrected chi connectivity index (χ1v) is 35.2. The van der Waals surface area contributed by atoms with Crippen LogP contribution >= 0.6 is 0 Å². The zero-order valence-electron chi connectivity index (χ0n) is 66.4. The number of rotatable bonds is 8. The second-order valence-electron chi connectivity index (χ2n) is 30.7. The topological polar surface area (TPSA) is 37.7 Å². The van der Waals surface area contributed by atoms with Gasteiger partial charge in [-0.05, 0) is 161 Å². The van der Waals surface area contributed by atoms with Crippen molar-refractivity contribution < 1.29 is 19.8 Å². The summed E-state index contributed by atoms with van der Waals surface area (Å²) in [6.07, 6.45) is 0. The fourth-order valence-electron chi connectivity index (χ4n) is 16.0. The Morgan fingerprint density at radius 2 is 0.696 bits per heavy atom. The number of aromatic nitrogens is 1. The van der Waals surface area contributed by atoms with Gasteiger partial charge in [0.25, 0.3) is 6.71 Å². The van der Waals surface area contributed by atoms with E-state index in [1.807, 2.05) is 24.3 Å². The molecule has 0 unspecified atom stereocenters. The molecule has 102 heavy (non-hydrogen) atoms. The molecule has 0 radical (unpaired) electrons. The SMILES string of the molecule is [2H]c1c([2H])c([2H])c2c(c1[2H])c1c([2H])c([2H])c([2H])c([2H])c1n2-c1ccc2c(c1)N(c1cccc3c1oc1c(-c4cccc(-c5ccccc5)c4)cccc13)c1cc(C(C)(C)C)cc3c1B2c1ccc(-c2cc(C(C)(C)C)cc(C(C)(C)C)c2)cc1N3c1cccc2c1oc1c(-c3cccc(-c4ccccc4)c3)cccc12. The Morgan fingerprint density at radius 3 is 1.19 bits per heavy atom. The zero-order chi connectivity index (χ0) is 76.0. The average molecular weight is 1320 g/mol. The van der Waals surface area contributed by atoms with Gasteiger partial charge in [-0.15, -0.1) is 0 Å². The van der Waals surface area contributed by atoms with E-state index in [-0.39, 0.29) is 44.7 Å². The number of nitrogens with zero attached hydrogens (tertiary/aromatic N) is 3. The first-order valence-electron chi connectivity index (χ1n) is 39.2. The maximum atomic E-state index is 9.75. The number of furan rings is 2. The molecular formula is C96H76BN3O2. The summed E-state index contributed by atoms with van der Waals surface area (Å²) in [7, 11) is 0. The van der Waals surface area contributed by atoms with Gasteiger partial charge in [-0.25, -0.2) is 0 Å². The van der Waals surface area contributed by atoms with Crippen molar-refractivity contribution >= 4 is 123 Å². The van der Waals surface area contributed by atoms with Crippen LogP contribution in [-0.2, 0) is 16.2 Å². The van der Waals surface area contributed by atoms with E-state index in [0.29, 0.717) is 16.9 Å². The summed E-state index contributed by atoms with van der Waals surface area (Å²) in [6, 6.07) is 85.1. The molecular weight excluding hydrogens is 1240 g/mol. The lowest BCUT2D eigenvalue weighted by Gasteiger charge is -2.45. The monoisotopic (exact) mass is 1320 g/mol. The van der Waals surface area contributed by atoms with E-state index in [9.17, 15) is 8.22 Å². The Hall–Kier alpha value is -11.9. The second kappa shape index (κ2) is 22.8. The van der Waals surface area contributed by atoms with Crippen molar-refractivity contribution in [2.75, 3.05) is 9.80 Å². The average Bonchev–Trinajstić information content (AvgIpc) is 1.08. The lowest BCUT2D eigenvalue weighted by molar-refractivity contribution is 0.569. The van der Waals surface area contributed by atoms with Crippen LogP contribution < -0.4 is 26.2 Å². The lowest BCUT2D eigenvalue weighted by atomic mass is 9.33. The smallest absolute Gasteiger partial charge is 0.252 e. The van der Waals surface area contributed by atoms with E-state index in [1.165, 1.54) is 11.1 Å². The van der Waals surface area contributed by atoms with Crippen LogP contribution in [-0.4, -0.2) is 11.3 Å². The largest absolute Gasteiger partial charge is 0.453 e. The van der Waals surface area contributed by atoms with E-state index in [4.69, 9.17) is 11.6 Å². The molecule has 6 heteroatoms. The molecule has 0 amide bonds. The van der Waals surface area contributed by atoms with Gasteiger partial charge in [0.15, 0.2) is 11.2 Å². The van der Waals surface area contributed by atoms with Gasteiger partial charge in [-0.1, -0.05) is 293 Å². The summed E-state index contributed by atoms with van der Waals surface area (Å²) in [6.45, 7) is 19.9. The third kappa shape index (κ3) is 9.74. The van der Waals surface area contributed by atoms with Crippen LogP contribution in [0.15, 0.2) is 306 Å². The molecule has 2 aliphatic rings. The maximum Gasteiger partial charge on any atom is 0.252 e. The molecule has 0 aliphatic carbocycles. The van der Waals surface area contributed by atoms with E-state index < -0.39 is 48.4 Å². The molecule has 0 spiro atoms. The lowest BCUT2D eigenvalue weighted by Crippen LogP contribution is -2.61. The molecule has 0 atom stereocenters. The van der Waals surface area contributed by atoms with Crippen molar-refractivity contribution in [2.45, 2.75) is 78.6 Å². The minimum absolute atomic E-state index is 0.00209. The fraction of sp³-hybridized carbons (Fsp3) is 0.125. The van der Waals surface area contributed by atoms with E-state index in [1.54, 1.807) is 4.57 Å². The van der Waals surface area contributed by atoms with Crippen LogP contribution in [0, 0.1) is 0 Å². The molecule has 490 valence electrons. The Morgan fingerprint density at radius 1 is 0.294 bits per heavy atom. The van der Waals surface area contributed by atoms with Crippen LogP contribution in [0.25, 0.3) is 127 Å². The van der Waals surface area contributed by atoms with E-state index in [2.05, 4.69) is 297 Å². The predicted octanol–water partition coefficient (Wildman–Crippen LogP) is 24.9. The summed E-state index contributed by atoms with van der Waals surface area (Å²) >= 11 is 0. The molecule has 3 aromatic heterocycles. The van der Waals surface area contributed by atoms with Crippen molar-refractivity contribution in [2.24, 2.45) is 0 Å². The number of hydrogen-bond acceptors (Lipinski definition) is 4. The molecule has 0 saturated carbocycles. The Balaban J connectivity index is 0.929. The molecule has 5 nitrogen and oxygen atoms in total. The van der Waals surface area contributed by atoms with E-state index >= 15 is 0 Å². The molecule has 5 heterocycles. The second-order valence-corrected chi connectivity index (χ2v) is 30.7. The maximum absolute atomic E-state index is 9.75. The van der Waals surface area contributed by atoms with Crippen molar-refractivity contribution in [1.29, 1.82) is 0 Å². The Kier molecular flexibility index (Phi) is 11.9. The number of fused-ring (bicyclic) bond motifs is 13. The third-order valence-electron chi connectivity index (χ3n) is 21.3. The van der Waals surface area contributed by atoms with Gasteiger partial charge in [0.05, 0.1) is 33.4 Å². The van der Waals surface area contributed by atoms with Crippen LogP contribution in [0.2, 0.25) is 0 Å². The molecule has 0 fully saturated rings. The van der Waals surface area contributed by atoms with Crippen LogP contribution in [0.3, 0.4) is 0 Å². The fourth-order valence-corrected chi connectivity index (χ4v) is 16.0. The molecule has 14 aromatic carbocycles. The van der Waals surface area contributed by atoms with Crippen molar-refractivity contribution in [3.05, 3.63) is 314 Å². The zero-order valence-corrected chi connectivity index (χ0v) is 58.4. The minimum Gasteiger partial charge on any atom is -0.453 e. The van der Waals surface area contributed by atoms with Crippen molar-refractivity contribution in [1.82, 2.24) is 4.57 Å². The van der Waals surface area contributed by atoms with Gasteiger partial charge in [0.2, 0.25) is 0 Å². The van der Waals surface area contributed by atoms with Crippen molar-refractivity contribution in [3.8, 4) is 61.3 Å². The van der Waals surface area contributed by atoms with Gasteiger partial charge in [0.1, 0.15) is 11.2 Å². The van der Waals surface area contributed by atoms with Gasteiger partial charge < -0.3 is 23.2 Å². The van der Waals surface area contributed by atoms with Gasteiger partial charge in [-0.2, -0.15) is 0 Å². The van der Waals surface area contributed by atoms with E-state index in [0.717, 1.165) is 144 Å². The summed E-state index contributed by atoms with van der Waals surface area (Å²) in [5.74, 6) is 0. The minimum atomic E-state index is -0.505. The summed E-state index contributed by atoms with van der Waals surface area (Å²) in [5.41, 5.74) is 24.5. The number of anilines is 6. The number of hydrogen-bond donors (Lipinski definition) is 0. The number of benzene rings is 14. The van der Waals surface area contributed by atoms with Crippen LogP contribution in [0.4, 0.5) is 34.1 Å². The quantitative estimate of drug-likeness (QED) is 0.142. The standard InChI is InChI=1S/C96H76BN3O2/c1-94(2,3)67-52-66(53-68(55-67)95(4,5)6)63-46-48-79-85(54-63)99(83-44-24-40-77-75-38-22-36-71(90(75)101-92(77)83)64-32-20-30-61(50-64)59-26-12-10-13-27-59)87-56-69(96(7,8)9)57-88-89(87)97(79)80-49-47-70(98-81-42-18-16-34-73(81)74-35-17-19-43-82(74)98)58-86(80)100(88)84-45-25-41-78-76-39-23-37-72(91(76)102-93(78)84)65-33-21-31-62(51-65)60-28-14-11-15-29-60/h10-58H,1-9H3/i16D,17D,18D,19D,34D,35D,42D,43D. The predicted molar refractivity (Wildman–Crippen MR) is 433 cm³/mol. The molecule has 19 rings (SSSR count). The van der Waals surface area contributed by atoms with Gasteiger partial charge in [0, 0.05) is 71.9 Å². The third-order valence-corrected chi connectivity index (χ3v) is 21.3. The summed E-state index contributed by atoms with van der Waals surface area (Å²) < 4.78 is 91.8. The van der Waals surface area contributed by atoms with Crippen LogP contribution in [0.1, 0.15) is 90.0 Å². The highest BCUT2D eigenvalue weighted by Crippen LogP contribution is 2.53.